The van der Waals surface area contributed by atoms with E-state index >= 15 is 0 Å². The first-order valence-corrected chi connectivity index (χ1v) is 14.4. The second-order valence-corrected chi connectivity index (χ2v) is 11.2. The number of benzene rings is 3. The quantitative estimate of drug-likeness (QED) is 0.195. The van der Waals surface area contributed by atoms with Gasteiger partial charge in [0.2, 0.25) is 5.89 Å². The SMILES string of the molecule is CCOC(=O)CN(Cc1ccc(OCCc2coc(-c3ccccc3)n2)cc1)S(=O)(=O)N(C)c1ccc(Cl)cc1. The van der Waals surface area contributed by atoms with Crippen molar-refractivity contribution in [2.45, 2.75) is 19.9 Å². The van der Waals surface area contributed by atoms with Crippen molar-refractivity contribution < 1.29 is 27.1 Å². The van der Waals surface area contributed by atoms with Crippen LogP contribution in [0.3, 0.4) is 0 Å². The van der Waals surface area contributed by atoms with Crippen molar-refractivity contribution in [3.63, 3.8) is 0 Å². The van der Waals surface area contributed by atoms with Gasteiger partial charge >= 0.3 is 16.2 Å². The lowest BCUT2D eigenvalue weighted by Crippen LogP contribution is -2.44. The van der Waals surface area contributed by atoms with Crippen molar-refractivity contribution in [2.75, 3.05) is 31.1 Å². The first-order valence-electron chi connectivity index (χ1n) is 12.6. The summed E-state index contributed by atoms with van der Waals surface area (Å²) in [5.41, 5.74) is 2.77. The maximum atomic E-state index is 13.5. The van der Waals surface area contributed by atoms with Crippen molar-refractivity contribution in [2.24, 2.45) is 0 Å². The molecule has 0 bridgehead atoms. The Kier molecular flexibility index (Phi) is 9.81. The Morgan fingerprint density at radius 1 is 1.00 bits per heavy atom. The molecule has 0 spiro atoms. The number of oxazole rings is 1. The van der Waals surface area contributed by atoms with Crippen LogP contribution in [-0.2, 0) is 32.7 Å². The van der Waals surface area contributed by atoms with E-state index in [-0.39, 0.29) is 13.2 Å². The van der Waals surface area contributed by atoms with Gasteiger partial charge in [-0.15, -0.1) is 0 Å². The predicted octanol–water partition coefficient (Wildman–Crippen LogP) is 5.36. The largest absolute Gasteiger partial charge is 0.493 e. The molecule has 0 saturated carbocycles. The van der Waals surface area contributed by atoms with Gasteiger partial charge in [0.15, 0.2) is 0 Å². The van der Waals surface area contributed by atoms with Crippen molar-refractivity contribution in [3.05, 3.63) is 101 Å². The summed E-state index contributed by atoms with van der Waals surface area (Å²) in [6.45, 7) is 1.72. The van der Waals surface area contributed by atoms with Crippen LogP contribution >= 0.6 is 11.6 Å². The molecule has 210 valence electrons. The molecule has 1 aromatic heterocycles. The van der Waals surface area contributed by atoms with Gasteiger partial charge in [-0.25, -0.2) is 4.98 Å². The third kappa shape index (κ3) is 7.62. The van der Waals surface area contributed by atoms with E-state index < -0.39 is 22.7 Å². The number of halogens is 1. The molecule has 3 aromatic carbocycles. The lowest BCUT2D eigenvalue weighted by atomic mass is 10.2. The van der Waals surface area contributed by atoms with E-state index in [1.54, 1.807) is 61.7 Å². The molecular formula is C29H30ClN3O6S. The summed E-state index contributed by atoms with van der Waals surface area (Å²) in [5, 5.41) is 0.484. The van der Waals surface area contributed by atoms with Crippen molar-refractivity contribution >= 4 is 33.5 Å². The summed E-state index contributed by atoms with van der Waals surface area (Å²) in [6, 6.07) is 23.1. The molecule has 40 heavy (non-hydrogen) atoms. The number of aromatic nitrogens is 1. The van der Waals surface area contributed by atoms with Gasteiger partial charge in [-0.1, -0.05) is 41.9 Å². The van der Waals surface area contributed by atoms with E-state index in [0.29, 0.717) is 40.9 Å². The summed E-state index contributed by atoms with van der Waals surface area (Å²) in [7, 11) is -2.65. The van der Waals surface area contributed by atoms with Crippen LogP contribution in [0.5, 0.6) is 5.75 Å². The molecule has 4 rings (SSSR count). The van der Waals surface area contributed by atoms with Crippen LogP contribution in [0.15, 0.2) is 89.5 Å². The number of esters is 1. The second kappa shape index (κ2) is 13.5. The minimum Gasteiger partial charge on any atom is -0.493 e. The average molecular weight is 584 g/mol. The normalized spacial score (nSPS) is 11.4. The van der Waals surface area contributed by atoms with E-state index in [1.165, 1.54) is 7.05 Å². The maximum absolute atomic E-state index is 13.5. The zero-order valence-corrected chi connectivity index (χ0v) is 23.8. The lowest BCUT2D eigenvalue weighted by Gasteiger charge is -2.28. The second-order valence-electron chi connectivity index (χ2n) is 8.78. The predicted molar refractivity (Wildman–Crippen MR) is 153 cm³/mol. The number of anilines is 1. The van der Waals surface area contributed by atoms with Gasteiger partial charge in [-0.3, -0.25) is 9.10 Å². The topological polar surface area (TPSA) is 102 Å². The van der Waals surface area contributed by atoms with Crippen LogP contribution in [-0.4, -0.2) is 50.5 Å². The number of ether oxygens (including phenoxy) is 2. The monoisotopic (exact) mass is 583 g/mol. The molecule has 0 unspecified atom stereocenters. The number of rotatable bonds is 13. The highest BCUT2D eigenvalue weighted by molar-refractivity contribution is 7.90. The maximum Gasteiger partial charge on any atom is 0.321 e. The van der Waals surface area contributed by atoms with E-state index in [0.717, 1.165) is 19.9 Å². The van der Waals surface area contributed by atoms with Gasteiger partial charge in [-0.05, 0) is 61.0 Å². The highest BCUT2D eigenvalue weighted by Gasteiger charge is 2.30. The summed E-state index contributed by atoms with van der Waals surface area (Å²) in [6.07, 6.45) is 2.18. The summed E-state index contributed by atoms with van der Waals surface area (Å²) in [4.78, 5) is 16.8. The Balaban J connectivity index is 1.39. The Morgan fingerprint density at radius 3 is 2.38 bits per heavy atom. The highest BCUT2D eigenvalue weighted by atomic mass is 35.5. The number of carbonyl (C=O) groups is 1. The van der Waals surface area contributed by atoms with Crippen LogP contribution in [0.1, 0.15) is 18.2 Å². The van der Waals surface area contributed by atoms with Crippen molar-refractivity contribution in [3.8, 4) is 17.2 Å². The van der Waals surface area contributed by atoms with Gasteiger partial charge in [0.05, 0.1) is 24.6 Å². The molecule has 0 amide bonds. The van der Waals surface area contributed by atoms with E-state index in [1.807, 2.05) is 30.3 Å². The first kappa shape index (κ1) is 29.1. The van der Waals surface area contributed by atoms with Crippen molar-refractivity contribution in [1.29, 1.82) is 0 Å². The highest BCUT2D eigenvalue weighted by Crippen LogP contribution is 2.23. The fourth-order valence-electron chi connectivity index (χ4n) is 3.83. The van der Waals surface area contributed by atoms with Crippen LogP contribution in [0, 0.1) is 0 Å². The van der Waals surface area contributed by atoms with Gasteiger partial charge < -0.3 is 13.9 Å². The third-order valence-corrected chi connectivity index (χ3v) is 8.02. The molecule has 0 atom stereocenters. The van der Waals surface area contributed by atoms with E-state index in [2.05, 4.69) is 4.98 Å². The van der Waals surface area contributed by atoms with E-state index in [9.17, 15) is 13.2 Å². The number of hydrogen-bond acceptors (Lipinski definition) is 7. The number of carbonyl (C=O) groups excluding carboxylic acids is 1. The smallest absolute Gasteiger partial charge is 0.321 e. The first-order chi connectivity index (χ1) is 19.3. The van der Waals surface area contributed by atoms with Gasteiger partial charge in [0, 0.05) is 30.6 Å². The summed E-state index contributed by atoms with van der Waals surface area (Å²) in [5.74, 6) is 0.538. The molecule has 0 radical (unpaired) electrons. The Morgan fingerprint density at radius 2 is 1.70 bits per heavy atom. The van der Waals surface area contributed by atoms with Crippen LogP contribution in [0.4, 0.5) is 5.69 Å². The minimum atomic E-state index is -4.08. The zero-order chi connectivity index (χ0) is 28.5. The summed E-state index contributed by atoms with van der Waals surface area (Å²) >= 11 is 5.95. The lowest BCUT2D eigenvalue weighted by molar-refractivity contribution is -0.143. The van der Waals surface area contributed by atoms with Gasteiger partial charge in [-0.2, -0.15) is 12.7 Å². The Bertz CT molecular complexity index is 1490. The van der Waals surface area contributed by atoms with Crippen LogP contribution < -0.4 is 9.04 Å². The fourth-order valence-corrected chi connectivity index (χ4v) is 5.27. The molecule has 0 N–H and O–H groups in total. The number of nitrogens with zero attached hydrogens (tertiary/aromatic N) is 3. The molecule has 0 aliphatic rings. The minimum absolute atomic E-state index is 0.0411. The summed E-state index contributed by atoms with van der Waals surface area (Å²) < 4.78 is 45.5. The standard InChI is InChI=1S/C29H30ClN3O6S/c1-3-37-28(34)20-33(40(35,36)32(2)26-13-11-24(30)12-14-26)19-22-9-15-27(16-10-22)38-18-17-25-21-39-29(31-25)23-7-5-4-6-8-23/h4-16,21H,3,17-20H2,1-2H3. The van der Waals surface area contributed by atoms with Gasteiger partial charge in [0.1, 0.15) is 18.6 Å². The molecule has 11 heteroatoms. The fraction of sp³-hybridized carbons (Fsp3) is 0.241. The molecule has 0 aliphatic carbocycles. The molecule has 0 saturated heterocycles. The Hall–Kier alpha value is -3.86. The van der Waals surface area contributed by atoms with E-state index in [4.69, 9.17) is 25.5 Å². The van der Waals surface area contributed by atoms with Crippen molar-refractivity contribution in [1.82, 2.24) is 9.29 Å². The molecule has 0 aliphatic heterocycles. The third-order valence-electron chi connectivity index (χ3n) is 5.96. The molecular weight excluding hydrogens is 554 g/mol. The van der Waals surface area contributed by atoms with Crippen LogP contribution in [0.25, 0.3) is 11.5 Å². The molecule has 0 fully saturated rings. The Labute approximate surface area is 239 Å². The zero-order valence-electron chi connectivity index (χ0n) is 22.2. The molecule has 9 nitrogen and oxygen atoms in total. The molecule has 1 heterocycles. The van der Waals surface area contributed by atoms with Crippen LogP contribution in [0.2, 0.25) is 5.02 Å². The number of hydrogen-bond donors (Lipinski definition) is 0. The average Bonchev–Trinajstić information content (AvgIpc) is 3.43. The molecule has 4 aromatic rings. The van der Waals surface area contributed by atoms with Gasteiger partial charge in [0.25, 0.3) is 0 Å².